The third-order valence-corrected chi connectivity index (χ3v) is 4.75. The summed E-state index contributed by atoms with van der Waals surface area (Å²) in [5.41, 5.74) is -0.752. The Morgan fingerprint density at radius 2 is 1.59 bits per heavy atom. The number of phenols is 1. The summed E-state index contributed by atoms with van der Waals surface area (Å²) in [4.78, 5) is 7.49. The molecule has 0 fully saturated rings. The fourth-order valence-electron chi connectivity index (χ4n) is 3.26. The minimum atomic E-state index is -4.72. The van der Waals surface area contributed by atoms with Crippen molar-refractivity contribution in [2.75, 3.05) is 0 Å². The third kappa shape index (κ3) is 4.39. The minimum Gasteiger partial charge on any atom is -0.507 e. The Balaban J connectivity index is 1.73. The van der Waals surface area contributed by atoms with E-state index >= 15 is 0 Å². The van der Waals surface area contributed by atoms with Gasteiger partial charge in [-0.15, -0.1) is 0 Å². The fraction of sp³-hybridized carbons (Fsp3) is 0.0833. The molecule has 32 heavy (non-hydrogen) atoms. The van der Waals surface area contributed by atoms with Crippen LogP contribution in [0.5, 0.6) is 11.5 Å². The zero-order valence-corrected chi connectivity index (χ0v) is 16.5. The number of alkyl halides is 3. The SMILES string of the molecule is Oc1cc(OCc2ccccc2F)ccc1-c1ncnc(C(F)(F)F)c1-c1ccccc1. The number of aromatic hydroxyl groups is 1. The van der Waals surface area contributed by atoms with Crippen LogP contribution in [0.1, 0.15) is 11.3 Å². The van der Waals surface area contributed by atoms with Gasteiger partial charge in [0.1, 0.15) is 30.3 Å². The normalized spacial score (nSPS) is 11.4. The number of benzene rings is 3. The molecule has 0 aliphatic carbocycles. The van der Waals surface area contributed by atoms with E-state index in [0.29, 0.717) is 5.56 Å². The van der Waals surface area contributed by atoms with Gasteiger partial charge in [0.25, 0.3) is 0 Å². The van der Waals surface area contributed by atoms with E-state index in [1.165, 1.54) is 36.4 Å². The third-order valence-electron chi connectivity index (χ3n) is 4.75. The number of hydrogen-bond donors (Lipinski definition) is 1. The number of halogens is 4. The number of hydrogen-bond acceptors (Lipinski definition) is 4. The first-order valence-electron chi connectivity index (χ1n) is 9.52. The van der Waals surface area contributed by atoms with Crippen LogP contribution in [0.2, 0.25) is 0 Å². The van der Waals surface area contributed by atoms with Crippen molar-refractivity contribution in [3.63, 3.8) is 0 Å². The van der Waals surface area contributed by atoms with Gasteiger partial charge in [-0.3, -0.25) is 0 Å². The van der Waals surface area contributed by atoms with E-state index in [9.17, 15) is 22.7 Å². The Labute approximate surface area is 180 Å². The minimum absolute atomic E-state index is 0.0725. The van der Waals surface area contributed by atoms with E-state index in [0.717, 1.165) is 6.33 Å². The fourth-order valence-corrected chi connectivity index (χ4v) is 3.26. The van der Waals surface area contributed by atoms with Crippen molar-refractivity contribution in [2.45, 2.75) is 12.8 Å². The van der Waals surface area contributed by atoms with E-state index in [2.05, 4.69) is 9.97 Å². The summed E-state index contributed by atoms with van der Waals surface area (Å²) in [5, 5.41) is 10.6. The quantitative estimate of drug-likeness (QED) is 0.373. The van der Waals surface area contributed by atoms with Gasteiger partial charge >= 0.3 is 6.18 Å². The second kappa shape index (κ2) is 8.66. The van der Waals surface area contributed by atoms with Crippen molar-refractivity contribution in [3.05, 3.63) is 96.2 Å². The molecule has 4 nitrogen and oxygen atoms in total. The molecular weight excluding hydrogens is 424 g/mol. The maximum atomic E-state index is 13.8. The molecule has 0 spiro atoms. The van der Waals surface area contributed by atoms with Gasteiger partial charge < -0.3 is 9.84 Å². The van der Waals surface area contributed by atoms with Crippen molar-refractivity contribution in [3.8, 4) is 33.9 Å². The second-order valence-corrected chi connectivity index (χ2v) is 6.87. The topological polar surface area (TPSA) is 55.2 Å². The summed E-state index contributed by atoms with van der Waals surface area (Å²) in [6.45, 7) is -0.0769. The molecule has 1 aromatic heterocycles. The highest BCUT2D eigenvalue weighted by Gasteiger charge is 2.37. The molecule has 3 aromatic carbocycles. The average Bonchev–Trinajstić information content (AvgIpc) is 2.78. The second-order valence-electron chi connectivity index (χ2n) is 6.87. The molecular formula is C24H16F4N2O2. The summed E-state index contributed by atoms with van der Waals surface area (Å²) < 4.78 is 60.3. The predicted molar refractivity (Wildman–Crippen MR) is 110 cm³/mol. The lowest BCUT2D eigenvalue weighted by Gasteiger charge is -2.16. The summed E-state index contributed by atoms with van der Waals surface area (Å²) >= 11 is 0. The van der Waals surface area contributed by atoms with Gasteiger partial charge in [0.05, 0.1) is 5.69 Å². The highest BCUT2D eigenvalue weighted by molar-refractivity contribution is 5.85. The zero-order chi connectivity index (χ0) is 22.7. The summed E-state index contributed by atoms with van der Waals surface area (Å²) in [6.07, 6.45) is -3.91. The number of rotatable bonds is 5. The van der Waals surface area contributed by atoms with Gasteiger partial charge in [-0.1, -0.05) is 48.5 Å². The van der Waals surface area contributed by atoms with Crippen molar-refractivity contribution < 1.29 is 27.4 Å². The first kappa shape index (κ1) is 21.3. The zero-order valence-electron chi connectivity index (χ0n) is 16.5. The van der Waals surface area contributed by atoms with Crippen LogP contribution in [-0.4, -0.2) is 15.1 Å². The van der Waals surface area contributed by atoms with Gasteiger partial charge in [-0.25, -0.2) is 14.4 Å². The summed E-state index contributed by atoms with van der Waals surface area (Å²) in [6, 6.07) is 18.1. The van der Waals surface area contributed by atoms with Crippen molar-refractivity contribution in [1.82, 2.24) is 9.97 Å². The number of ether oxygens (including phenoxy) is 1. The lowest BCUT2D eigenvalue weighted by Crippen LogP contribution is -2.12. The standard InChI is InChI=1S/C24H16F4N2O2/c25-19-9-5-4-8-16(19)13-32-17-10-11-18(20(31)12-17)22-21(15-6-2-1-3-7-15)23(24(26,27)28)30-14-29-22/h1-12,14,31H,13H2. The molecule has 162 valence electrons. The van der Waals surface area contributed by atoms with Crippen LogP contribution in [0.3, 0.4) is 0 Å². The number of aromatic nitrogens is 2. The first-order chi connectivity index (χ1) is 15.3. The molecule has 0 saturated carbocycles. The largest absolute Gasteiger partial charge is 0.507 e. The van der Waals surface area contributed by atoms with Crippen LogP contribution in [-0.2, 0) is 12.8 Å². The molecule has 0 atom stereocenters. The highest BCUT2D eigenvalue weighted by Crippen LogP contribution is 2.42. The van der Waals surface area contributed by atoms with Crippen molar-refractivity contribution in [1.29, 1.82) is 0 Å². The van der Waals surface area contributed by atoms with Crippen LogP contribution in [0.25, 0.3) is 22.4 Å². The molecule has 0 amide bonds. The van der Waals surface area contributed by atoms with Crippen molar-refractivity contribution in [2.24, 2.45) is 0 Å². The van der Waals surface area contributed by atoms with E-state index in [1.807, 2.05) is 0 Å². The van der Waals surface area contributed by atoms with Crippen LogP contribution in [0.4, 0.5) is 17.6 Å². The van der Waals surface area contributed by atoms with Crippen LogP contribution >= 0.6 is 0 Å². The van der Waals surface area contributed by atoms with Crippen LogP contribution < -0.4 is 4.74 Å². The molecule has 1 heterocycles. The molecule has 0 saturated heterocycles. The number of phenolic OH excluding ortho intramolecular Hbond substituents is 1. The lowest BCUT2D eigenvalue weighted by atomic mass is 9.96. The Bertz CT molecular complexity index is 1240. The molecule has 0 unspecified atom stereocenters. The van der Waals surface area contributed by atoms with E-state index < -0.39 is 17.7 Å². The van der Waals surface area contributed by atoms with Gasteiger partial charge in [0.15, 0.2) is 5.69 Å². The lowest BCUT2D eigenvalue weighted by molar-refractivity contribution is -0.140. The molecule has 0 aliphatic heterocycles. The predicted octanol–water partition coefficient (Wildman–Crippen LogP) is 6.25. The van der Waals surface area contributed by atoms with Gasteiger partial charge in [-0.2, -0.15) is 13.2 Å². The Morgan fingerprint density at radius 1 is 0.875 bits per heavy atom. The molecule has 0 bridgehead atoms. The maximum Gasteiger partial charge on any atom is 0.434 e. The Morgan fingerprint density at radius 3 is 2.28 bits per heavy atom. The average molecular weight is 440 g/mol. The molecule has 4 rings (SSSR count). The van der Waals surface area contributed by atoms with E-state index in [1.54, 1.807) is 36.4 Å². The monoisotopic (exact) mass is 440 g/mol. The molecule has 1 N–H and O–H groups in total. The highest BCUT2D eigenvalue weighted by atomic mass is 19.4. The number of nitrogens with zero attached hydrogens (tertiary/aromatic N) is 2. The van der Waals surface area contributed by atoms with E-state index in [4.69, 9.17) is 4.74 Å². The summed E-state index contributed by atoms with van der Waals surface area (Å²) in [7, 11) is 0. The van der Waals surface area contributed by atoms with Crippen LogP contribution in [0, 0.1) is 5.82 Å². The van der Waals surface area contributed by atoms with E-state index in [-0.39, 0.29) is 40.5 Å². The molecule has 4 aromatic rings. The smallest absolute Gasteiger partial charge is 0.434 e. The van der Waals surface area contributed by atoms with Crippen LogP contribution in [0.15, 0.2) is 79.1 Å². The molecule has 0 aliphatic rings. The molecule has 8 heteroatoms. The van der Waals surface area contributed by atoms with Gasteiger partial charge in [0.2, 0.25) is 0 Å². The first-order valence-corrected chi connectivity index (χ1v) is 9.52. The van der Waals surface area contributed by atoms with Gasteiger partial charge in [-0.05, 0) is 23.8 Å². The summed E-state index contributed by atoms with van der Waals surface area (Å²) in [5.74, 6) is -0.539. The van der Waals surface area contributed by atoms with Gasteiger partial charge in [0, 0.05) is 22.8 Å². The maximum absolute atomic E-state index is 13.8. The van der Waals surface area contributed by atoms with Crippen molar-refractivity contribution >= 4 is 0 Å². The molecule has 0 radical (unpaired) electrons. The Kier molecular flexibility index (Phi) is 5.77. The Hall–Kier alpha value is -3.94.